The van der Waals surface area contributed by atoms with Gasteiger partial charge in [0.25, 0.3) is 0 Å². The molecule has 0 aromatic rings. The smallest absolute Gasteiger partial charge is 0.237 e. The fourth-order valence-corrected chi connectivity index (χ4v) is 2.65. The molecule has 2 rings (SSSR count). The Morgan fingerprint density at radius 2 is 1.95 bits per heavy atom. The molecule has 1 unspecified atom stereocenters. The Hall–Kier alpha value is -0.610. The van der Waals surface area contributed by atoms with Gasteiger partial charge in [-0.3, -0.25) is 4.79 Å². The second-order valence-electron chi connectivity index (χ2n) is 7.31. The third-order valence-corrected chi connectivity index (χ3v) is 4.60. The van der Waals surface area contributed by atoms with Gasteiger partial charge in [0.1, 0.15) is 0 Å². The second kappa shape index (κ2) is 6.44. The maximum absolute atomic E-state index is 11.8. The number of nitrogens with two attached hydrogens (primary N) is 1. The standard InChI is InChI=1S/C16H31N3O/c1-12(2)8-10-19(14-6-7-14)11-9-16(3,15(17)20)18-13-4-5-13/h12-14,18H,4-11H2,1-3H3,(H2,17,20). The summed E-state index contributed by atoms with van der Waals surface area (Å²) in [4.78, 5) is 14.4. The Morgan fingerprint density at radius 1 is 1.30 bits per heavy atom. The van der Waals surface area contributed by atoms with E-state index in [9.17, 15) is 4.79 Å². The van der Waals surface area contributed by atoms with E-state index in [2.05, 4.69) is 24.1 Å². The van der Waals surface area contributed by atoms with Gasteiger partial charge in [0.05, 0.1) is 5.54 Å². The molecule has 20 heavy (non-hydrogen) atoms. The molecule has 116 valence electrons. The summed E-state index contributed by atoms with van der Waals surface area (Å²) < 4.78 is 0. The lowest BCUT2D eigenvalue weighted by Crippen LogP contribution is -2.55. The molecule has 1 amide bonds. The van der Waals surface area contributed by atoms with Crippen molar-refractivity contribution in [3.8, 4) is 0 Å². The van der Waals surface area contributed by atoms with Gasteiger partial charge in [0.15, 0.2) is 0 Å². The highest BCUT2D eigenvalue weighted by molar-refractivity contribution is 5.84. The minimum Gasteiger partial charge on any atom is -0.368 e. The van der Waals surface area contributed by atoms with E-state index in [1.807, 2.05) is 6.92 Å². The van der Waals surface area contributed by atoms with E-state index in [4.69, 9.17) is 5.73 Å². The maximum Gasteiger partial charge on any atom is 0.237 e. The van der Waals surface area contributed by atoms with Crippen molar-refractivity contribution in [2.45, 2.75) is 76.9 Å². The molecule has 4 heteroatoms. The Morgan fingerprint density at radius 3 is 2.40 bits per heavy atom. The van der Waals surface area contributed by atoms with Gasteiger partial charge in [0, 0.05) is 18.6 Å². The number of nitrogens with one attached hydrogen (secondary N) is 1. The van der Waals surface area contributed by atoms with Crippen LogP contribution in [0.2, 0.25) is 0 Å². The fourth-order valence-electron chi connectivity index (χ4n) is 2.65. The van der Waals surface area contributed by atoms with E-state index < -0.39 is 5.54 Å². The summed E-state index contributed by atoms with van der Waals surface area (Å²) in [7, 11) is 0. The van der Waals surface area contributed by atoms with Gasteiger partial charge in [0.2, 0.25) is 5.91 Å². The number of hydrogen-bond acceptors (Lipinski definition) is 3. The first-order valence-corrected chi connectivity index (χ1v) is 8.22. The average molecular weight is 281 g/mol. The number of carbonyl (C=O) groups is 1. The summed E-state index contributed by atoms with van der Waals surface area (Å²) in [5.41, 5.74) is 5.09. The van der Waals surface area contributed by atoms with Gasteiger partial charge in [-0.1, -0.05) is 13.8 Å². The predicted octanol–water partition coefficient (Wildman–Crippen LogP) is 1.88. The van der Waals surface area contributed by atoms with Crippen LogP contribution in [-0.2, 0) is 4.79 Å². The van der Waals surface area contributed by atoms with Crippen molar-refractivity contribution in [2.75, 3.05) is 13.1 Å². The predicted molar refractivity (Wildman–Crippen MR) is 82.4 cm³/mol. The van der Waals surface area contributed by atoms with Gasteiger partial charge < -0.3 is 16.0 Å². The van der Waals surface area contributed by atoms with Gasteiger partial charge in [-0.25, -0.2) is 0 Å². The van der Waals surface area contributed by atoms with E-state index in [1.54, 1.807) is 0 Å². The first kappa shape index (κ1) is 15.8. The minimum absolute atomic E-state index is 0.205. The van der Waals surface area contributed by atoms with Crippen LogP contribution in [0.25, 0.3) is 0 Å². The highest BCUT2D eigenvalue weighted by Gasteiger charge is 2.38. The lowest BCUT2D eigenvalue weighted by atomic mass is 9.96. The number of rotatable bonds is 10. The molecule has 0 radical (unpaired) electrons. The van der Waals surface area contributed by atoms with Crippen LogP contribution in [-0.4, -0.2) is 41.5 Å². The van der Waals surface area contributed by atoms with Crippen LogP contribution in [0.3, 0.4) is 0 Å². The van der Waals surface area contributed by atoms with E-state index in [1.165, 1.54) is 32.1 Å². The number of carbonyl (C=O) groups excluding carboxylic acids is 1. The first-order valence-electron chi connectivity index (χ1n) is 8.22. The molecule has 3 N–H and O–H groups in total. The van der Waals surface area contributed by atoms with Crippen LogP contribution in [0, 0.1) is 5.92 Å². The molecule has 0 aromatic heterocycles. The van der Waals surface area contributed by atoms with Crippen molar-refractivity contribution in [2.24, 2.45) is 11.7 Å². The second-order valence-corrected chi connectivity index (χ2v) is 7.31. The Bertz CT molecular complexity index is 337. The molecule has 2 fully saturated rings. The molecule has 2 aliphatic carbocycles. The van der Waals surface area contributed by atoms with Gasteiger partial charge in [-0.05, 0) is 57.9 Å². The van der Waals surface area contributed by atoms with E-state index in [0.29, 0.717) is 6.04 Å². The van der Waals surface area contributed by atoms with Crippen LogP contribution >= 0.6 is 0 Å². The van der Waals surface area contributed by atoms with Crippen molar-refractivity contribution in [1.82, 2.24) is 10.2 Å². The topological polar surface area (TPSA) is 58.4 Å². The lowest BCUT2D eigenvalue weighted by molar-refractivity contribution is -0.124. The molecule has 0 aliphatic heterocycles. The summed E-state index contributed by atoms with van der Waals surface area (Å²) in [6.07, 6.45) is 7.07. The fraction of sp³-hybridized carbons (Fsp3) is 0.938. The van der Waals surface area contributed by atoms with Crippen LogP contribution in [0.4, 0.5) is 0 Å². The monoisotopic (exact) mass is 281 g/mol. The van der Waals surface area contributed by atoms with E-state index in [-0.39, 0.29) is 5.91 Å². The number of primary amides is 1. The molecule has 0 bridgehead atoms. The third-order valence-electron chi connectivity index (χ3n) is 4.60. The Kier molecular flexibility index (Phi) is 5.08. The van der Waals surface area contributed by atoms with Crippen molar-refractivity contribution in [3.63, 3.8) is 0 Å². The zero-order valence-corrected chi connectivity index (χ0v) is 13.3. The lowest BCUT2D eigenvalue weighted by Gasteiger charge is -2.31. The number of amides is 1. The highest BCUT2D eigenvalue weighted by atomic mass is 16.1. The summed E-state index contributed by atoms with van der Waals surface area (Å²) in [6, 6.07) is 1.27. The molecule has 0 saturated heterocycles. The number of hydrogen-bond donors (Lipinski definition) is 2. The van der Waals surface area contributed by atoms with Crippen molar-refractivity contribution in [1.29, 1.82) is 0 Å². The largest absolute Gasteiger partial charge is 0.368 e. The Balaban J connectivity index is 1.83. The molecule has 2 aliphatic rings. The van der Waals surface area contributed by atoms with Gasteiger partial charge >= 0.3 is 0 Å². The minimum atomic E-state index is -0.536. The molecule has 0 spiro atoms. The molecule has 1 atom stereocenters. The van der Waals surface area contributed by atoms with E-state index in [0.717, 1.165) is 31.5 Å². The summed E-state index contributed by atoms with van der Waals surface area (Å²) in [6.45, 7) is 8.65. The summed E-state index contributed by atoms with van der Waals surface area (Å²) in [5, 5.41) is 3.45. The highest BCUT2D eigenvalue weighted by Crippen LogP contribution is 2.29. The molecule has 0 heterocycles. The van der Waals surface area contributed by atoms with Crippen LogP contribution < -0.4 is 11.1 Å². The molecular weight excluding hydrogens is 250 g/mol. The molecule has 2 saturated carbocycles. The maximum atomic E-state index is 11.8. The third kappa shape index (κ3) is 4.74. The van der Waals surface area contributed by atoms with Crippen molar-refractivity contribution < 1.29 is 4.79 Å². The van der Waals surface area contributed by atoms with Crippen LogP contribution in [0.1, 0.15) is 59.3 Å². The van der Waals surface area contributed by atoms with Gasteiger partial charge in [-0.2, -0.15) is 0 Å². The van der Waals surface area contributed by atoms with E-state index >= 15 is 0 Å². The van der Waals surface area contributed by atoms with Crippen LogP contribution in [0.15, 0.2) is 0 Å². The SMILES string of the molecule is CC(C)CCN(CCC(C)(NC1CC1)C(N)=O)C1CC1. The quantitative estimate of drug-likeness (QED) is 0.643. The molecule has 4 nitrogen and oxygen atoms in total. The summed E-state index contributed by atoms with van der Waals surface area (Å²) >= 11 is 0. The molecule has 0 aromatic carbocycles. The van der Waals surface area contributed by atoms with Gasteiger partial charge in [-0.15, -0.1) is 0 Å². The average Bonchev–Trinajstić information content (AvgIpc) is 3.22. The zero-order valence-electron chi connectivity index (χ0n) is 13.3. The number of nitrogens with zero attached hydrogens (tertiary/aromatic N) is 1. The first-order chi connectivity index (χ1) is 9.40. The summed E-state index contributed by atoms with van der Waals surface area (Å²) in [5.74, 6) is 0.535. The molecular formula is C16H31N3O. The van der Waals surface area contributed by atoms with Crippen molar-refractivity contribution >= 4 is 5.91 Å². The van der Waals surface area contributed by atoms with Crippen molar-refractivity contribution in [3.05, 3.63) is 0 Å². The van der Waals surface area contributed by atoms with Crippen LogP contribution in [0.5, 0.6) is 0 Å². The Labute approximate surface area is 123 Å². The zero-order chi connectivity index (χ0) is 14.8. The normalized spacial score (nSPS) is 22.2.